The van der Waals surface area contributed by atoms with Crippen LogP contribution in [0.2, 0.25) is 0 Å². The third-order valence-corrected chi connectivity index (χ3v) is 2.49. The van der Waals surface area contributed by atoms with Crippen LogP contribution in [-0.2, 0) is 11.2 Å². The van der Waals surface area contributed by atoms with Crippen molar-refractivity contribution in [1.29, 1.82) is 0 Å². The molecule has 0 radical (unpaired) electrons. The second kappa shape index (κ2) is 4.17. The number of aliphatic carboxylic acids is 1. The zero-order valence-corrected chi connectivity index (χ0v) is 8.39. The highest BCUT2D eigenvalue weighted by molar-refractivity contribution is 5.66. The minimum absolute atomic E-state index is 0.240. The van der Waals surface area contributed by atoms with E-state index in [1.54, 1.807) is 0 Å². The Kier molecular flexibility index (Phi) is 2.72. The van der Waals surface area contributed by atoms with Crippen LogP contribution in [0.25, 0.3) is 5.52 Å². The molecule has 3 heteroatoms. The van der Waals surface area contributed by atoms with Crippen LogP contribution in [0, 0.1) is 0 Å². The maximum absolute atomic E-state index is 10.4. The van der Waals surface area contributed by atoms with E-state index >= 15 is 0 Å². The quantitative estimate of drug-likeness (QED) is 0.828. The lowest BCUT2D eigenvalue weighted by Crippen LogP contribution is -1.95. The van der Waals surface area contributed by atoms with Crippen LogP contribution >= 0.6 is 0 Å². The zero-order valence-electron chi connectivity index (χ0n) is 8.39. The van der Waals surface area contributed by atoms with Crippen LogP contribution in [-0.4, -0.2) is 15.5 Å². The highest BCUT2D eigenvalue weighted by Crippen LogP contribution is 2.14. The van der Waals surface area contributed by atoms with Gasteiger partial charge in [0.15, 0.2) is 0 Å². The van der Waals surface area contributed by atoms with Gasteiger partial charge in [0.05, 0.1) is 0 Å². The zero-order chi connectivity index (χ0) is 10.7. The third kappa shape index (κ3) is 2.18. The number of carboxylic acid groups (broad SMARTS) is 1. The molecule has 15 heavy (non-hydrogen) atoms. The van der Waals surface area contributed by atoms with Crippen molar-refractivity contribution in [2.45, 2.75) is 19.3 Å². The number of hydrogen-bond donors (Lipinski definition) is 1. The van der Waals surface area contributed by atoms with E-state index in [4.69, 9.17) is 5.11 Å². The topological polar surface area (TPSA) is 41.7 Å². The fourth-order valence-electron chi connectivity index (χ4n) is 1.76. The second-order valence-electron chi connectivity index (χ2n) is 3.58. The van der Waals surface area contributed by atoms with Crippen LogP contribution in [0.15, 0.2) is 36.7 Å². The van der Waals surface area contributed by atoms with Crippen LogP contribution < -0.4 is 0 Å². The first kappa shape index (κ1) is 9.77. The summed E-state index contributed by atoms with van der Waals surface area (Å²) in [6, 6.07) is 8.08. The molecule has 3 nitrogen and oxygen atoms in total. The van der Waals surface area contributed by atoms with Gasteiger partial charge in [-0.25, -0.2) is 0 Å². The molecule has 78 valence electrons. The summed E-state index contributed by atoms with van der Waals surface area (Å²) in [6.45, 7) is 0. The molecule has 0 atom stereocenters. The lowest BCUT2D eigenvalue weighted by molar-refractivity contribution is -0.137. The Bertz CT molecular complexity index is 473. The first-order valence-corrected chi connectivity index (χ1v) is 5.04. The van der Waals surface area contributed by atoms with Crippen molar-refractivity contribution >= 4 is 11.5 Å². The summed E-state index contributed by atoms with van der Waals surface area (Å²) >= 11 is 0. The second-order valence-corrected chi connectivity index (χ2v) is 3.58. The van der Waals surface area contributed by atoms with E-state index < -0.39 is 5.97 Å². The van der Waals surface area contributed by atoms with Crippen molar-refractivity contribution in [3.8, 4) is 0 Å². The number of hydrogen-bond acceptors (Lipinski definition) is 1. The first-order valence-electron chi connectivity index (χ1n) is 5.04. The fourth-order valence-corrected chi connectivity index (χ4v) is 1.76. The molecule has 0 saturated carbocycles. The van der Waals surface area contributed by atoms with Gasteiger partial charge in [-0.05, 0) is 36.6 Å². The predicted molar refractivity (Wildman–Crippen MR) is 58.0 cm³/mol. The van der Waals surface area contributed by atoms with Crippen LogP contribution in [0.1, 0.15) is 18.4 Å². The Hall–Kier alpha value is -1.77. The van der Waals surface area contributed by atoms with Gasteiger partial charge in [0, 0.05) is 24.3 Å². The maximum Gasteiger partial charge on any atom is 0.303 e. The highest BCUT2D eigenvalue weighted by atomic mass is 16.4. The average Bonchev–Trinajstić information content (AvgIpc) is 2.62. The third-order valence-electron chi connectivity index (χ3n) is 2.49. The lowest BCUT2D eigenvalue weighted by atomic mass is 10.1. The summed E-state index contributed by atoms with van der Waals surface area (Å²) in [5.74, 6) is -0.724. The van der Waals surface area contributed by atoms with Crippen molar-refractivity contribution in [3.63, 3.8) is 0 Å². The molecule has 0 aliphatic rings. The average molecular weight is 203 g/mol. The van der Waals surface area contributed by atoms with E-state index in [2.05, 4.69) is 16.5 Å². The number of rotatable bonds is 4. The van der Waals surface area contributed by atoms with Gasteiger partial charge in [0.1, 0.15) is 0 Å². The molecule has 0 spiro atoms. The van der Waals surface area contributed by atoms with Crippen molar-refractivity contribution in [2.24, 2.45) is 0 Å². The number of pyridine rings is 1. The van der Waals surface area contributed by atoms with Gasteiger partial charge in [0.2, 0.25) is 0 Å². The molecular formula is C12H13NO2. The van der Waals surface area contributed by atoms with Gasteiger partial charge in [-0.1, -0.05) is 6.07 Å². The van der Waals surface area contributed by atoms with E-state index in [1.165, 1.54) is 11.1 Å². The van der Waals surface area contributed by atoms with Crippen molar-refractivity contribution in [2.75, 3.05) is 0 Å². The lowest BCUT2D eigenvalue weighted by Gasteiger charge is -1.98. The van der Waals surface area contributed by atoms with Gasteiger partial charge < -0.3 is 9.51 Å². The van der Waals surface area contributed by atoms with Crippen LogP contribution in [0.3, 0.4) is 0 Å². The molecule has 0 unspecified atom stereocenters. The Balaban J connectivity index is 2.11. The molecule has 0 amide bonds. The SMILES string of the molecule is O=C(O)CCCc1ccn2ccccc12. The molecule has 0 aliphatic heterocycles. The van der Waals surface area contributed by atoms with E-state index in [-0.39, 0.29) is 6.42 Å². The normalized spacial score (nSPS) is 10.7. The highest BCUT2D eigenvalue weighted by Gasteiger charge is 2.02. The molecule has 0 saturated heterocycles. The number of aromatic nitrogens is 1. The minimum atomic E-state index is -0.724. The Morgan fingerprint density at radius 2 is 2.13 bits per heavy atom. The molecule has 0 fully saturated rings. The van der Waals surface area contributed by atoms with Crippen molar-refractivity contribution in [3.05, 3.63) is 42.2 Å². The summed E-state index contributed by atoms with van der Waals surface area (Å²) in [6.07, 6.45) is 5.77. The van der Waals surface area contributed by atoms with Gasteiger partial charge in [-0.3, -0.25) is 4.79 Å². The molecule has 0 bridgehead atoms. The van der Waals surface area contributed by atoms with Gasteiger partial charge in [0.25, 0.3) is 0 Å². The summed E-state index contributed by atoms with van der Waals surface area (Å²) in [5, 5.41) is 8.55. The van der Waals surface area contributed by atoms with Gasteiger partial charge >= 0.3 is 5.97 Å². The number of nitrogens with zero attached hydrogens (tertiary/aromatic N) is 1. The monoisotopic (exact) mass is 203 g/mol. The minimum Gasteiger partial charge on any atom is -0.481 e. The summed E-state index contributed by atoms with van der Waals surface area (Å²) in [4.78, 5) is 10.4. The molecule has 2 aromatic heterocycles. The molecular weight excluding hydrogens is 190 g/mol. The van der Waals surface area contributed by atoms with E-state index in [0.29, 0.717) is 6.42 Å². The summed E-state index contributed by atoms with van der Waals surface area (Å²) in [5.41, 5.74) is 2.39. The summed E-state index contributed by atoms with van der Waals surface area (Å²) in [7, 11) is 0. The number of aryl methyl sites for hydroxylation is 1. The van der Waals surface area contributed by atoms with Gasteiger partial charge in [-0.2, -0.15) is 0 Å². The molecule has 1 N–H and O–H groups in total. The molecule has 2 rings (SSSR count). The molecule has 2 heterocycles. The number of fused-ring (bicyclic) bond motifs is 1. The Morgan fingerprint density at radius 1 is 1.27 bits per heavy atom. The molecule has 0 aliphatic carbocycles. The number of carbonyl (C=O) groups is 1. The Morgan fingerprint density at radius 3 is 2.93 bits per heavy atom. The predicted octanol–water partition coefficient (Wildman–Crippen LogP) is 2.35. The summed E-state index contributed by atoms with van der Waals surface area (Å²) < 4.78 is 2.05. The largest absolute Gasteiger partial charge is 0.481 e. The molecule has 0 aromatic carbocycles. The number of carboxylic acids is 1. The fraction of sp³-hybridized carbons (Fsp3) is 0.250. The molecule has 2 aromatic rings. The van der Waals surface area contributed by atoms with E-state index in [9.17, 15) is 4.79 Å². The standard InChI is InChI=1S/C12H13NO2/c14-12(15)6-3-4-10-7-9-13-8-2-1-5-11(10)13/h1-2,5,7-9H,3-4,6H2,(H,14,15). The Labute approximate surface area is 88.0 Å². The first-order chi connectivity index (χ1) is 7.27. The van der Waals surface area contributed by atoms with Crippen LogP contribution in [0.5, 0.6) is 0 Å². The van der Waals surface area contributed by atoms with E-state index in [1.807, 2.05) is 24.5 Å². The van der Waals surface area contributed by atoms with Crippen molar-refractivity contribution in [1.82, 2.24) is 4.40 Å². The van der Waals surface area contributed by atoms with Crippen LogP contribution in [0.4, 0.5) is 0 Å². The van der Waals surface area contributed by atoms with Crippen molar-refractivity contribution < 1.29 is 9.90 Å². The smallest absolute Gasteiger partial charge is 0.303 e. The maximum atomic E-state index is 10.4. The van der Waals surface area contributed by atoms with E-state index in [0.717, 1.165) is 6.42 Å². The van der Waals surface area contributed by atoms with Gasteiger partial charge in [-0.15, -0.1) is 0 Å².